The Kier molecular flexibility index (Phi) is 3.97. The molecule has 0 saturated carbocycles. The number of rotatable bonds is 5. The van der Waals surface area contributed by atoms with Crippen molar-refractivity contribution in [2.24, 2.45) is 0 Å². The van der Waals surface area contributed by atoms with Crippen LogP contribution in [-0.4, -0.2) is 33.4 Å². The molecular weight excluding hydrogens is 294 g/mol. The molecule has 0 N–H and O–H groups in total. The molecule has 19 heavy (non-hydrogen) atoms. The lowest BCUT2D eigenvalue weighted by atomic mass is 10.4. The fourth-order valence-electron chi connectivity index (χ4n) is 1.63. The first kappa shape index (κ1) is 13.7. The molecule has 2 unspecified atom stereocenters. The average Bonchev–Trinajstić information content (AvgIpc) is 2.98. The number of hydrogen-bond donors (Lipinski definition) is 0. The van der Waals surface area contributed by atoms with Gasteiger partial charge in [0.1, 0.15) is 16.7 Å². The summed E-state index contributed by atoms with van der Waals surface area (Å²) in [6.07, 6.45) is 1.04. The lowest BCUT2D eigenvalue weighted by Gasteiger charge is -2.14. The molecule has 0 aliphatic rings. The van der Waals surface area contributed by atoms with Crippen molar-refractivity contribution in [3.05, 3.63) is 32.7 Å². The molecule has 0 amide bonds. The molecule has 11 heteroatoms. The normalized spacial score (nSPS) is 14.2. The molecular formula is C8H8N5O4S2-. The quantitative estimate of drug-likeness (QED) is 0.450. The zero-order chi connectivity index (χ0) is 14.0. The van der Waals surface area contributed by atoms with Crippen molar-refractivity contribution in [1.82, 2.24) is 19.7 Å². The first-order valence-corrected chi connectivity index (χ1v) is 7.12. The van der Waals surface area contributed by atoms with Crippen LogP contribution in [0.3, 0.4) is 0 Å². The summed E-state index contributed by atoms with van der Waals surface area (Å²) in [7, 11) is 0. The molecule has 0 bridgehead atoms. The molecule has 2 rings (SSSR count). The Bertz CT molecular complexity index is 611. The summed E-state index contributed by atoms with van der Waals surface area (Å²) < 4.78 is 24.0. The summed E-state index contributed by atoms with van der Waals surface area (Å²) >= 11 is -1.49. The van der Waals surface area contributed by atoms with Gasteiger partial charge in [0.2, 0.25) is 5.82 Å². The first-order chi connectivity index (χ1) is 9.06. The number of aromatic nitrogens is 4. The van der Waals surface area contributed by atoms with Crippen molar-refractivity contribution < 1.29 is 13.7 Å². The molecule has 2 atom stereocenters. The zero-order valence-corrected chi connectivity index (χ0v) is 11.3. The maximum atomic E-state index is 11.4. The molecule has 2 aromatic rings. The minimum absolute atomic E-state index is 0.0688. The Hall–Kier alpha value is -1.72. The number of imidazole rings is 1. The van der Waals surface area contributed by atoms with Crippen LogP contribution in [0.15, 0.2) is 11.7 Å². The van der Waals surface area contributed by atoms with E-state index in [9.17, 15) is 18.9 Å². The number of hydrogen-bond acceptors (Lipinski definition) is 8. The molecule has 0 spiro atoms. The third kappa shape index (κ3) is 2.52. The highest BCUT2D eigenvalue weighted by Crippen LogP contribution is 2.29. The van der Waals surface area contributed by atoms with Crippen molar-refractivity contribution in [2.45, 2.75) is 18.7 Å². The Morgan fingerprint density at radius 1 is 1.63 bits per heavy atom. The molecule has 0 aromatic carbocycles. The van der Waals surface area contributed by atoms with Gasteiger partial charge in [-0.2, -0.15) is 0 Å². The van der Waals surface area contributed by atoms with Crippen LogP contribution in [0.1, 0.15) is 23.0 Å². The van der Waals surface area contributed by atoms with Gasteiger partial charge in [-0.3, -0.25) is 4.21 Å². The maximum absolute atomic E-state index is 11.4. The van der Waals surface area contributed by atoms with Crippen LogP contribution in [0.25, 0.3) is 0 Å². The van der Waals surface area contributed by atoms with Gasteiger partial charge in [-0.05, 0) is 22.9 Å². The first-order valence-electron chi connectivity index (χ1n) is 5.10. The van der Waals surface area contributed by atoms with Crippen LogP contribution < -0.4 is 0 Å². The molecule has 9 nitrogen and oxygen atoms in total. The van der Waals surface area contributed by atoms with E-state index in [-0.39, 0.29) is 23.2 Å². The second-order valence-electron chi connectivity index (χ2n) is 3.39. The van der Waals surface area contributed by atoms with Crippen molar-refractivity contribution in [3.8, 4) is 0 Å². The van der Waals surface area contributed by atoms with Gasteiger partial charge in [0, 0.05) is 0 Å². The van der Waals surface area contributed by atoms with Crippen LogP contribution in [0, 0.1) is 10.1 Å². The summed E-state index contributed by atoms with van der Waals surface area (Å²) in [5.74, 6) is -0.184. The summed E-state index contributed by atoms with van der Waals surface area (Å²) in [5, 5.41) is 17.2. The summed E-state index contributed by atoms with van der Waals surface area (Å²) in [6, 6.07) is 0. The second-order valence-corrected chi connectivity index (χ2v) is 5.25. The summed E-state index contributed by atoms with van der Waals surface area (Å²) in [6.45, 7) is 1.90. The van der Waals surface area contributed by atoms with Gasteiger partial charge in [-0.1, -0.05) is 0 Å². The smallest absolute Gasteiger partial charge is 0.342 e. The van der Waals surface area contributed by atoms with Gasteiger partial charge < -0.3 is 14.7 Å². The standard InChI is InChI=1S/C8H9N5O4S2/c1-2-12-5(13(14)15)3-9-7(12)6(19(16)17)8-11-10-4-18-8/h3-4,6H,2H2,1H3,(H,16,17)/p-1. The molecule has 0 saturated heterocycles. The zero-order valence-electron chi connectivity index (χ0n) is 9.62. The predicted molar refractivity (Wildman–Crippen MR) is 65.2 cm³/mol. The SMILES string of the molecule is CCn1c([N+](=O)[O-])cnc1C(c1nncs1)S(=O)[O-]. The molecule has 0 fully saturated rings. The molecule has 102 valence electrons. The highest BCUT2D eigenvalue weighted by Gasteiger charge is 2.30. The lowest BCUT2D eigenvalue weighted by Crippen LogP contribution is -2.15. The van der Waals surface area contributed by atoms with Crippen LogP contribution in [0.4, 0.5) is 5.82 Å². The molecule has 2 aromatic heterocycles. The highest BCUT2D eigenvalue weighted by atomic mass is 32.2. The van der Waals surface area contributed by atoms with Crippen molar-refractivity contribution in [2.75, 3.05) is 0 Å². The average molecular weight is 302 g/mol. The Morgan fingerprint density at radius 3 is 2.84 bits per heavy atom. The van der Waals surface area contributed by atoms with Crippen molar-refractivity contribution in [3.63, 3.8) is 0 Å². The van der Waals surface area contributed by atoms with Crippen LogP contribution in [-0.2, 0) is 17.6 Å². The van der Waals surface area contributed by atoms with Gasteiger partial charge in [0.15, 0.2) is 5.25 Å². The Balaban J connectivity index is 2.55. The van der Waals surface area contributed by atoms with E-state index >= 15 is 0 Å². The number of nitro groups is 1. The van der Waals surface area contributed by atoms with E-state index in [2.05, 4.69) is 15.2 Å². The van der Waals surface area contributed by atoms with E-state index in [1.165, 1.54) is 10.1 Å². The van der Waals surface area contributed by atoms with E-state index in [1.54, 1.807) is 6.92 Å². The van der Waals surface area contributed by atoms with Gasteiger partial charge in [0.25, 0.3) is 0 Å². The third-order valence-corrected chi connectivity index (χ3v) is 4.12. The van der Waals surface area contributed by atoms with Crippen LogP contribution in [0.5, 0.6) is 0 Å². The third-order valence-electron chi connectivity index (χ3n) is 2.40. The monoisotopic (exact) mass is 302 g/mol. The molecule has 0 radical (unpaired) electrons. The van der Waals surface area contributed by atoms with Crippen LogP contribution in [0.2, 0.25) is 0 Å². The van der Waals surface area contributed by atoms with E-state index in [0.717, 1.165) is 17.5 Å². The van der Waals surface area contributed by atoms with E-state index in [1.807, 2.05) is 0 Å². The van der Waals surface area contributed by atoms with Crippen molar-refractivity contribution in [1.29, 1.82) is 0 Å². The fraction of sp³-hybridized carbons (Fsp3) is 0.375. The van der Waals surface area contributed by atoms with Gasteiger partial charge in [-0.25, -0.2) is 9.55 Å². The van der Waals surface area contributed by atoms with Gasteiger partial charge in [-0.15, -0.1) is 21.5 Å². The largest absolute Gasteiger partial charge is 0.771 e. The minimum Gasteiger partial charge on any atom is -0.771 e. The van der Waals surface area contributed by atoms with E-state index in [4.69, 9.17) is 0 Å². The van der Waals surface area contributed by atoms with E-state index < -0.39 is 21.3 Å². The van der Waals surface area contributed by atoms with E-state index in [0.29, 0.717) is 0 Å². The predicted octanol–water partition coefficient (Wildman–Crippen LogP) is 0.631. The Labute approximate surface area is 113 Å². The maximum Gasteiger partial charge on any atom is 0.342 e. The highest BCUT2D eigenvalue weighted by molar-refractivity contribution is 7.79. The lowest BCUT2D eigenvalue weighted by molar-refractivity contribution is -0.392. The summed E-state index contributed by atoms with van der Waals surface area (Å²) in [4.78, 5) is 14.1. The van der Waals surface area contributed by atoms with Gasteiger partial charge in [0.05, 0.1) is 6.54 Å². The Morgan fingerprint density at radius 2 is 2.37 bits per heavy atom. The van der Waals surface area contributed by atoms with Gasteiger partial charge >= 0.3 is 5.82 Å². The molecule has 0 aliphatic carbocycles. The second kappa shape index (κ2) is 5.50. The van der Waals surface area contributed by atoms with Crippen molar-refractivity contribution >= 4 is 28.2 Å². The van der Waals surface area contributed by atoms with Crippen LogP contribution >= 0.6 is 11.3 Å². The number of nitrogens with zero attached hydrogens (tertiary/aromatic N) is 5. The molecule has 0 aliphatic heterocycles. The minimum atomic E-state index is -2.54. The summed E-state index contributed by atoms with van der Waals surface area (Å²) in [5.41, 5.74) is 1.39. The topological polar surface area (TPSA) is 127 Å². The fourth-order valence-corrected chi connectivity index (χ4v) is 3.13. The molecule has 2 heterocycles.